The van der Waals surface area contributed by atoms with Crippen molar-refractivity contribution in [3.05, 3.63) is 35.9 Å². The minimum absolute atomic E-state index is 0.191. The molecule has 0 amide bonds. The molecule has 2 heteroatoms. The predicted octanol–water partition coefficient (Wildman–Crippen LogP) is 2.37. The molecule has 0 heterocycles. The summed E-state index contributed by atoms with van der Waals surface area (Å²) < 4.78 is 5.08. The summed E-state index contributed by atoms with van der Waals surface area (Å²) in [4.78, 5) is 0. The van der Waals surface area contributed by atoms with Gasteiger partial charge in [0.1, 0.15) is 0 Å². The van der Waals surface area contributed by atoms with Crippen LogP contribution in [0.3, 0.4) is 0 Å². The van der Waals surface area contributed by atoms with Gasteiger partial charge in [0.25, 0.3) is 0 Å². The SMILES string of the molecule is COCC(C)(N)CCCc1ccccc1. The Hall–Kier alpha value is -0.860. The standard InChI is InChI=1S/C13H21NO/c1-13(14,11-15-2)10-6-9-12-7-4-3-5-8-12/h3-5,7-8H,6,9-11,14H2,1-2H3. The molecule has 0 aliphatic carbocycles. The lowest BCUT2D eigenvalue weighted by molar-refractivity contribution is 0.135. The summed E-state index contributed by atoms with van der Waals surface area (Å²) in [5.74, 6) is 0. The Labute approximate surface area is 92.4 Å². The Morgan fingerprint density at radius 3 is 2.53 bits per heavy atom. The fourth-order valence-corrected chi connectivity index (χ4v) is 1.74. The molecule has 0 spiro atoms. The number of rotatable bonds is 6. The van der Waals surface area contributed by atoms with Gasteiger partial charge in [-0.25, -0.2) is 0 Å². The molecule has 0 saturated carbocycles. The van der Waals surface area contributed by atoms with Crippen molar-refractivity contribution in [3.63, 3.8) is 0 Å². The summed E-state index contributed by atoms with van der Waals surface area (Å²) in [5, 5.41) is 0. The van der Waals surface area contributed by atoms with Gasteiger partial charge in [-0.3, -0.25) is 0 Å². The van der Waals surface area contributed by atoms with E-state index in [4.69, 9.17) is 10.5 Å². The molecule has 0 radical (unpaired) electrons. The van der Waals surface area contributed by atoms with E-state index in [1.54, 1.807) is 7.11 Å². The monoisotopic (exact) mass is 207 g/mol. The number of ether oxygens (including phenoxy) is 1. The van der Waals surface area contributed by atoms with E-state index in [0.29, 0.717) is 6.61 Å². The second-order valence-electron chi connectivity index (χ2n) is 4.43. The van der Waals surface area contributed by atoms with Crippen molar-refractivity contribution in [1.29, 1.82) is 0 Å². The minimum Gasteiger partial charge on any atom is -0.383 e. The Balaban J connectivity index is 2.27. The topological polar surface area (TPSA) is 35.2 Å². The zero-order chi connectivity index (χ0) is 11.1. The number of hydrogen-bond donors (Lipinski definition) is 1. The zero-order valence-corrected chi connectivity index (χ0v) is 9.70. The van der Waals surface area contributed by atoms with Crippen LogP contribution in [-0.4, -0.2) is 19.3 Å². The first-order valence-electron chi connectivity index (χ1n) is 5.46. The van der Waals surface area contributed by atoms with Gasteiger partial charge in [0.2, 0.25) is 0 Å². The maximum Gasteiger partial charge on any atom is 0.0639 e. The molecule has 1 rings (SSSR count). The predicted molar refractivity (Wildman–Crippen MR) is 63.8 cm³/mol. The van der Waals surface area contributed by atoms with Crippen LogP contribution in [0.25, 0.3) is 0 Å². The van der Waals surface area contributed by atoms with E-state index in [1.165, 1.54) is 5.56 Å². The highest BCUT2D eigenvalue weighted by Crippen LogP contribution is 2.12. The molecule has 0 bridgehead atoms. The maximum atomic E-state index is 6.07. The normalized spacial score (nSPS) is 14.9. The van der Waals surface area contributed by atoms with Crippen LogP contribution < -0.4 is 5.73 Å². The second-order valence-corrected chi connectivity index (χ2v) is 4.43. The van der Waals surface area contributed by atoms with Crippen molar-refractivity contribution >= 4 is 0 Å². The number of nitrogens with two attached hydrogens (primary N) is 1. The quantitative estimate of drug-likeness (QED) is 0.777. The third-order valence-corrected chi connectivity index (χ3v) is 2.53. The van der Waals surface area contributed by atoms with Gasteiger partial charge in [0, 0.05) is 12.6 Å². The average molecular weight is 207 g/mol. The van der Waals surface area contributed by atoms with Crippen LogP contribution in [0.2, 0.25) is 0 Å². The molecule has 15 heavy (non-hydrogen) atoms. The fraction of sp³-hybridized carbons (Fsp3) is 0.538. The summed E-state index contributed by atoms with van der Waals surface area (Å²) >= 11 is 0. The lowest BCUT2D eigenvalue weighted by Crippen LogP contribution is -2.40. The van der Waals surface area contributed by atoms with E-state index in [1.807, 2.05) is 13.0 Å². The summed E-state index contributed by atoms with van der Waals surface area (Å²) in [5.41, 5.74) is 7.26. The molecule has 1 atom stereocenters. The van der Waals surface area contributed by atoms with E-state index in [2.05, 4.69) is 24.3 Å². The Kier molecular flexibility index (Phi) is 4.79. The minimum atomic E-state index is -0.191. The zero-order valence-electron chi connectivity index (χ0n) is 9.70. The summed E-state index contributed by atoms with van der Waals surface area (Å²) in [7, 11) is 1.70. The number of methoxy groups -OCH3 is 1. The van der Waals surface area contributed by atoms with Gasteiger partial charge in [-0.2, -0.15) is 0 Å². The van der Waals surface area contributed by atoms with Crippen LogP contribution in [0, 0.1) is 0 Å². The van der Waals surface area contributed by atoms with Gasteiger partial charge < -0.3 is 10.5 Å². The number of aryl methyl sites for hydroxylation is 1. The van der Waals surface area contributed by atoms with Gasteiger partial charge in [0.15, 0.2) is 0 Å². The van der Waals surface area contributed by atoms with Gasteiger partial charge in [-0.15, -0.1) is 0 Å². The molecule has 1 aromatic carbocycles. The molecule has 0 saturated heterocycles. The van der Waals surface area contributed by atoms with Crippen molar-refractivity contribution in [3.8, 4) is 0 Å². The van der Waals surface area contributed by atoms with Crippen LogP contribution in [0.15, 0.2) is 30.3 Å². The Bertz CT molecular complexity index is 269. The van der Waals surface area contributed by atoms with Crippen molar-refractivity contribution in [1.82, 2.24) is 0 Å². The second kappa shape index (κ2) is 5.89. The summed E-state index contributed by atoms with van der Waals surface area (Å²) in [6.07, 6.45) is 3.20. The van der Waals surface area contributed by atoms with Crippen LogP contribution in [0.5, 0.6) is 0 Å². The smallest absolute Gasteiger partial charge is 0.0639 e. The first-order valence-corrected chi connectivity index (χ1v) is 5.46. The Morgan fingerprint density at radius 2 is 1.93 bits per heavy atom. The molecular formula is C13H21NO. The molecule has 0 aromatic heterocycles. The fourth-order valence-electron chi connectivity index (χ4n) is 1.74. The summed E-state index contributed by atoms with van der Waals surface area (Å²) in [6.45, 7) is 2.67. The van der Waals surface area contributed by atoms with Gasteiger partial charge in [0.05, 0.1) is 6.61 Å². The Morgan fingerprint density at radius 1 is 1.27 bits per heavy atom. The van der Waals surface area contributed by atoms with Crippen molar-refractivity contribution < 1.29 is 4.74 Å². The molecule has 0 fully saturated rings. The summed E-state index contributed by atoms with van der Waals surface area (Å²) in [6, 6.07) is 10.5. The van der Waals surface area contributed by atoms with E-state index >= 15 is 0 Å². The van der Waals surface area contributed by atoms with E-state index in [-0.39, 0.29) is 5.54 Å². The van der Waals surface area contributed by atoms with Crippen LogP contribution >= 0.6 is 0 Å². The van der Waals surface area contributed by atoms with E-state index in [9.17, 15) is 0 Å². The van der Waals surface area contributed by atoms with Crippen LogP contribution in [-0.2, 0) is 11.2 Å². The molecule has 1 aromatic rings. The highest BCUT2D eigenvalue weighted by molar-refractivity contribution is 5.14. The lowest BCUT2D eigenvalue weighted by atomic mass is 9.95. The molecular weight excluding hydrogens is 186 g/mol. The maximum absolute atomic E-state index is 6.07. The van der Waals surface area contributed by atoms with Crippen LogP contribution in [0.1, 0.15) is 25.3 Å². The van der Waals surface area contributed by atoms with Gasteiger partial charge in [-0.05, 0) is 31.7 Å². The van der Waals surface area contributed by atoms with E-state index < -0.39 is 0 Å². The van der Waals surface area contributed by atoms with Crippen molar-refractivity contribution in [2.24, 2.45) is 5.73 Å². The highest BCUT2D eigenvalue weighted by atomic mass is 16.5. The largest absolute Gasteiger partial charge is 0.383 e. The first kappa shape index (κ1) is 12.2. The number of hydrogen-bond acceptors (Lipinski definition) is 2. The average Bonchev–Trinajstić information content (AvgIpc) is 2.19. The third kappa shape index (κ3) is 4.96. The molecule has 84 valence electrons. The molecule has 0 aliphatic rings. The van der Waals surface area contributed by atoms with Crippen LogP contribution in [0.4, 0.5) is 0 Å². The first-order chi connectivity index (χ1) is 7.14. The number of benzene rings is 1. The van der Waals surface area contributed by atoms with Gasteiger partial charge >= 0.3 is 0 Å². The van der Waals surface area contributed by atoms with Crippen molar-refractivity contribution in [2.45, 2.75) is 31.7 Å². The van der Waals surface area contributed by atoms with Crippen molar-refractivity contribution in [2.75, 3.05) is 13.7 Å². The third-order valence-electron chi connectivity index (χ3n) is 2.53. The van der Waals surface area contributed by atoms with Gasteiger partial charge in [-0.1, -0.05) is 30.3 Å². The van der Waals surface area contributed by atoms with E-state index in [0.717, 1.165) is 19.3 Å². The molecule has 2 N–H and O–H groups in total. The molecule has 2 nitrogen and oxygen atoms in total. The highest BCUT2D eigenvalue weighted by Gasteiger charge is 2.17. The molecule has 0 aliphatic heterocycles. The lowest BCUT2D eigenvalue weighted by Gasteiger charge is -2.23. The molecule has 1 unspecified atom stereocenters.